The number of aryl methyl sites for hydroxylation is 1. The maximum atomic E-state index is 10.4. The Labute approximate surface area is 156 Å². The molecule has 0 fully saturated rings. The van der Waals surface area contributed by atoms with Crippen molar-refractivity contribution in [2.75, 3.05) is 0 Å². The molecule has 3 aromatic rings. The Kier molecular flexibility index (Phi) is 5.96. The van der Waals surface area contributed by atoms with Gasteiger partial charge in [0.1, 0.15) is 0 Å². The summed E-state index contributed by atoms with van der Waals surface area (Å²) in [7, 11) is 2.00. The predicted molar refractivity (Wildman–Crippen MR) is 96.7 cm³/mol. The Morgan fingerprint density at radius 3 is 1.86 bits per heavy atom. The second-order valence-corrected chi connectivity index (χ2v) is 5.36. The van der Waals surface area contributed by atoms with Crippen molar-refractivity contribution in [1.82, 2.24) is 9.55 Å². The first kappa shape index (κ1) is 20.0. The Bertz CT molecular complexity index is 998. The molecule has 2 aromatic carbocycles. The first-order chi connectivity index (χ1) is 13.2. The molecule has 0 aliphatic carbocycles. The van der Waals surface area contributed by atoms with Gasteiger partial charge in [0.05, 0.1) is 45.1 Å². The lowest BCUT2D eigenvalue weighted by Crippen LogP contribution is -1.97. The molecule has 0 unspecified atom stereocenters. The number of aromatic hydroxyl groups is 1. The van der Waals surface area contributed by atoms with Gasteiger partial charge < -0.3 is 9.67 Å². The van der Waals surface area contributed by atoms with E-state index in [-0.39, 0.29) is 0 Å². The van der Waals surface area contributed by atoms with Crippen molar-refractivity contribution in [3.05, 3.63) is 85.3 Å². The van der Waals surface area contributed by atoms with Gasteiger partial charge in [0.15, 0.2) is 0 Å². The standard InChI is InChI=1S/C10H10N2.C6H3N3O7/c1-12-8-11-7-10(12)9-5-3-2-4-6-9;10-6-4(8(13)14)1-3(7(11)12)2-5(6)9(15)16/h2-8H,1H3;1-2,10H. The van der Waals surface area contributed by atoms with Crippen molar-refractivity contribution >= 4 is 17.1 Å². The van der Waals surface area contributed by atoms with Crippen molar-refractivity contribution in [2.24, 2.45) is 7.05 Å². The van der Waals surface area contributed by atoms with Gasteiger partial charge in [-0.2, -0.15) is 0 Å². The first-order valence-electron chi connectivity index (χ1n) is 7.54. The van der Waals surface area contributed by atoms with E-state index in [1.54, 1.807) is 0 Å². The molecule has 0 spiro atoms. The summed E-state index contributed by atoms with van der Waals surface area (Å²) in [4.78, 5) is 31.8. The van der Waals surface area contributed by atoms with Gasteiger partial charge in [-0.25, -0.2) is 4.98 Å². The van der Waals surface area contributed by atoms with Crippen LogP contribution in [0.25, 0.3) is 11.3 Å². The van der Waals surface area contributed by atoms with Gasteiger partial charge in [0.2, 0.25) is 0 Å². The van der Waals surface area contributed by atoms with Crippen LogP contribution in [0.2, 0.25) is 0 Å². The molecule has 28 heavy (non-hydrogen) atoms. The Hall–Kier alpha value is -4.35. The van der Waals surface area contributed by atoms with E-state index in [0.29, 0.717) is 12.1 Å². The number of aromatic nitrogens is 2. The van der Waals surface area contributed by atoms with Gasteiger partial charge in [0, 0.05) is 7.05 Å². The molecule has 0 amide bonds. The SMILES string of the molecule is Cn1cncc1-c1ccccc1.O=[N+]([O-])c1cc([N+](=O)[O-])c(O)c([N+](=O)[O-])c1. The third-order valence-electron chi connectivity index (χ3n) is 3.54. The summed E-state index contributed by atoms with van der Waals surface area (Å²) >= 11 is 0. The second kappa shape index (κ2) is 8.35. The van der Waals surface area contributed by atoms with Crippen LogP contribution in [0.4, 0.5) is 17.1 Å². The zero-order valence-corrected chi connectivity index (χ0v) is 14.3. The maximum Gasteiger partial charge on any atom is 0.324 e. The molecule has 12 heteroatoms. The van der Waals surface area contributed by atoms with Gasteiger partial charge in [0.25, 0.3) is 11.4 Å². The molecule has 12 nitrogen and oxygen atoms in total. The summed E-state index contributed by atoms with van der Waals surface area (Å²) in [6.07, 6.45) is 3.68. The number of benzene rings is 2. The minimum Gasteiger partial charge on any atom is -0.497 e. The lowest BCUT2D eigenvalue weighted by molar-refractivity contribution is -0.404. The highest BCUT2D eigenvalue weighted by atomic mass is 16.6. The number of non-ortho nitro benzene ring substituents is 1. The monoisotopic (exact) mass is 387 g/mol. The fourth-order valence-corrected chi connectivity index (χ4v) is 2.22. The lowest BCUT2D eigenvalue weighted by Gasteiger charge is -2.00. The van der Waals surface area contributed by atoms with Crippen LogP contribution in [0.1, 0.15) is 0 Å². The zero-order valence-electron chi connectivity index (χ0n) is 14.3. The summed E-state index contributed by atoms with van der Waals surface area (Å²) < 4.78 is 2.01. The lowest BCUT2D eigenvalue weighted by atomic mass is 10.2. The molecule has 0 aliphatic heterocycles. The number of nitro benzene ring substituents is 3. The Morgan fingerprint density at radius 2 is 1.46 bits per heavy atom. The molecule has 144 valence electrons. The zero-order chi connectivity index (χ0) is 20.8. The molecule has 1 aromatic heterocycles. The molecule has 1 N–H and O–H groups in total. The fourth-order valence-electron chi connectivity index (χ4n) is 2.22. The number of rotatable bonds is 4. The summed E-state index contributed by atoms with van der Waals surface area (Å²) in [5.41, 5.74) is -0.647. The summed E-state index contributed by atoms with van der Waals surface area (Å²) in [5.74, 6) is -1.21. The minimum atomic E-state index is -1.21. The van der Waals surface area contributed by atoms with E-state index < -0.39 is 37.6 Å². The number of hydrogen-bond donors (Lipinski definition) is 1. The third-order valence-corrected chi connectivity index (χ3v) is 3.54. The van der Waals surface area contributed by atoms with Crippen LogP contribution in [0.3, 0.4) is 0 Å². The van der Waals surface area contributed by atoms with Crippen molar-refractivity contribution in [1.29, 1.82) is 0 Å². The molecule has 0 radical (unpaired) electrons. The quantitative estimate of drug-likeness (QED) is 0.526. The highest BCUT2D eigenvalue weighted by molar-refractivity contribution is 5.64. The van der Waals surface area contributed by atoms with Crippen LogP contribution in [-0.2, 0) is 7.05 Å². The number of nitrogens with zero attached hydrogens (tertiary/aromatic N) is 5. The van der Waals surface area contributed by atoms with Crippen molar-refractivity contribution in [2.45, 2.75) is 0 Å². The topological polar surface area (TPSA) is 167 Å². The Balaban J connectivity index is 0.000000207. The average molecular weight is 387 g/mol. The number of imidazole rings is 1. The van der Waals surface area contributed by atoms with E-state index >= 15 is 0 Å². The summed E-state index contributed by atoms with van der Waals surface area (Å²) in [6.45, 7) is 0. The molecule has 0 atom stereocenters. The number of hydrogen-bond acceptors (Lipinski definition) is 8. The largest absolute Gasteiger partial charge is 0.497 e. The van der Waals surface area contributed by atoms with E-state index in [1.165, 1.54) is 5.56 Å². The van der Waals surface area contributed by atoms with Crippen molar-refractivity contribution in [3.63, 3.8) is 0 Å². The van der Waals surface area contributed by atoms with E-state index in [4.69, 9.17) is 5.11 Å². The van der Waals surface area contributed by atoms with E-state index in [2.05, 4.69) is 17.1 Å². The fraction of sp³-hybridized carbons (Fsp3) is 0.0625. The molecule has 0 aliphatic rings. The first-order valence-corrected chi connectivity index (χ1v) is 7.54. The van der Waals surface area contributed by atoms with Gasteiger partial charge in [-0.05, 0) is 5.56 Å². The maximum absolute atomic E-state index is 10.4. The van der Waals surface area contributed by atoms with Crippen LogP contribution in [-0.4, -0.2) is 29.4 Å². The molecular weight excluding hydrogens is 374 g/mol. The van der Waals surface area contributed by atoms with Crippen LogP contribution < -0.4 is 0 Å². The highest BCUT2D eigenvalue weighted by Gasteiger charge is 2.30. The normalized spacial score (nSPS) is 9.89. The van der Waals surface area contributed by atoms with Gasteiger partial charge >= 0.3 is 11.4 Å². The number of phenolic OH excluding ortho intramolecular Hbond substituents is 1. The second-order valence-electron chi connectivity index (χ2n) is 5.36. The highest BCUT2D eigenvalue weighted by Crippen LogP contribution is 2.38. The van der Waals surface area contributed by atoms with E-state index in [0.717, 1.165) is 5.69 Å². The van der Waals surface area contributed by atoms with E-state index in [1.807, 2.05) is 42.3 Å². The molecule has 1 heterocycles. The van der Waals surface area contributed by atoms with Gasteiger partial charge in [-0.15, -0.1) is 0 Å². The minimum absolute atomic E-state index is 0.447. The van der Waals surface area contributed by atoms with Crippen molar-refractivity contribution < 1.29 is 19.9 Å². The van der Waals surface area contributed by atoms with Crippen LogP contribution in [0.15, 0.2) is 55.0 Å². The van der Waals surface area contributed by atoms with Crippen LogP contribution in [0, 0.1) is 30.3 Å². The predicted octanol–water partition coefficient (Wildman–Crippen LogP) is 3.20. The van der Waals surface area contributed by atoms with Crippen molar-refractivity contribution in [3.8, 4) is 17.0 Å². The average Bonchev–Trinajstić information content (AvgIpc) is 3.08. The van der Waals surface area contributed by atoms with Crippen LogP contribution >= 0.6 is 0 Å². The summed E-state index contributed by atoms with van der Waals surface area (Å²) in [5, 5.41) is 40.2. The van der Waals surface area contributed by atoms with Gasteiger partial charge in [-0.1, -0.05) is 30.3 Å². The third kappa shape index (κ3) is 4.43. The molecule has 3 rings (SSSR count). The van der Waals surface area contributed by atoms with E-state index in [9.17, 15) is 30.3 Å². The van der Waals surface area contributed by atoms with Crippen LogP contribution in [0.5, 0.6) is 5.75 Å². The molecule has 0 saturated heterocycles. The smallest absolute Gasteiger partial charge is 0.324 e. The molecule has 0 saturated carbocycles. The summed E-state index contributed by atoms with van der Waals surface area (Å²) in [6, 6.07) is 11.1. The number of nitro groups is 3. The molecular formula is C16H13N5O7. The van der Waals surface area contributed by atoms with Gasteiger partial charge in [-0.3, -0.25) is 30.3 Å². The number of phenols is 1. The Morgan fingerprint density at radius 1 is 0.929 bits per heavy atom. The molecule has 0 bridgehead atoms.